The van der Waals surface area contributed by atoms with E-state index >= 15 is 0 Å². The summed E-state index contributed by atoms with van der Waals surface area (Å²) in [4.78, 5) is 2.44. The first-order valence-electron chi connectivity index (χ1n) is 6.17. The molecule has 1 aliphatic carbocycles. The van der Waals surface area contributed by atoms with Gasteiger partial charge in [-0.1, -0.05) is 0 Å². The second kappa shape index (κ2) is 5.96. The maximum absolute atomic E-state index is 9.27. The van der Waals surface area contributed by atoms with Gasteiger partial charge in [0.15, 0.2) is 0 Å². The Morgan fingerprint density at radius 3 is 2.69 bits per heavy atom. The van der Waals surface area contributed by atoms with Crippen molar-refractivity contribution < 1.29 is 9.84 Å². The average Bonchev–Trinajstić information content (AvgIpc) is 2.62. The van der Waals surface area contributed by atoms with Crippen LogP contribution in [0.25, 0.3) is 0 Å². The van der Waals surface area contributed by atoms with Gasteiger partial charge >= 0.3 is 0 Å². The number of nitrogens with zero attached hydrogens (tertiary/aromatic N) is 1. The summed E-state index contributed by atoms with van der Waals surface area (Å²) in [6, 6.07) is 0.994. The van der Waals surface area contributed by atoms with Gasteiger partial charge < -0.3 is 15.6 Å². The first-order chi connectivity index (χ1) is 7.52. The molecule has 4 heteroatoms. The summed E-state index contributed by atoms with van der Waals surface area (Å²) in [6.45, 7) is 6.20. The fraction of sp³-hybridized carbons (Fsp3) is 1.00. The van der Waals surface area contributed by atoms with Crippen molar-refractivity contribution >= 4 is 0 Å². The van der Waals surface area contributed by atoms with E-state index in [1.165, 1.54) is 0 Å². The molecule has 0 aromatic heterocycles. The molecule has 1 saturated carbocycles. The minimum Gasteiger partial charge on any atom is -0.394 e. The van der Waals surface area contributed by atoms with Gasteiger partial charge in [-0.2, -0.15) is 0 Å². The third-order valence-corrected chi connectivity index (χ3v) is 3.62. The Balaban J connectivity index is 2.53. The molecule has 1 rings (SSSR count). The van der Waals surface area contributed by atoms with Crippen LogP contribution in [0.4, 0.5) is 0 Å². The van der Waals surface area contributed by atoms with Crippen LogP contribution in [0.1, 0.15) is 33.1 Å². The van der Waals surface area contributed by atoms with Crippen LogP contribution in [0.5, 0.6) is 0 Å². The summed E-state index contributed by atoms with van der Waals surface area (Å²) < 4.78 is 5.14. The van der Waals surface area contributed by atoms with Gasteiger partial charge in [0.25, 0.3) is 0 Å². The number of methoxy groups -OCH3 is 1. The van der Waals surface area contributed by atoms with Gasteiger partial charge in [0.2, 0.25) is 0 Å². The van der Waals surface area contributed by atoms with Crippen molar-refractivity contribution in [3.63, 3.8) is 0 Å². The van der Waals surface area contributed by atoms with Crippen LogP contribution in [-0.4, -0.2) is 54.5 Å². The number of rotatable bonds is 6. The van der Waals surface area contributed by atoms with E-state index in [-0.39, 0.29) is 12.1 Å². The Bertz CT molecular complexity index is 211. The molecule has 4 nitrogen and oxygen atoms in total. The second-order valence-electron chi connectivity index (χ2n) is 5.24. The molecule has 0 radical (unpaired) electrons. The lowest BCUT2D eigenvalue weighted by atomic mass is 10.00. The van der Waals surface area contributed by atoms with E-state index in [1.807, 2.05) is 0 Å². The molecule has 2 unspecified atom stereocenters. The third kappa shape index (κ3) is 3.42. The summed E-state index contributed by atoms with van der Waals surface area (Å²) in [5.41, 5.74) is 5.75. The summed E-state index contributed by atoms with van der Waals surface area (Å²) in [7, 11) is 1.73. The molecule has 96 valence electrons. The zero-order valence-corrected chi connectivity index (χ0v) is 10.8. The van der Waals surface area contributed by atoms with Gasteiger partial charge in [0, 0.05) is 31.3 Å². The van der Waals surface area contributed by atoms with Crippen molar-refractivity contribution in [2.24, 2.45) is 5.73 Å². The monoisotopic (exact) mass is 230 g/mol. The van der Waals surface area contributed by atoms with Crippen LogP contribution in [0.2, 0.25) is 0 Å². The van der Waals surface area contributed by atoms with E-state index in [9.17, 15) is 5.11 Å². The first kappa shape index (κ1) is 13.9. The predicted molar refractivity (Wildman–Crippen MR) is 65.4 cm³/mol. The van der Waals surface area contributed by atoms with Gasteiger partial charge in [-0.05, 0) is 33.1 Å². The van der Waals surface area contributed by atoms with E-state index < -0.39 is 0 Å². The summed E-state index contributed by atoms with van der Waals surface area (Å²) in [5, 5.41) is 9.27. The standard InChI is InChI=1S/C12H26N2O2/c1-10(2)14(6-7-16-3)11-4-5-12(13,8-11)9-15/h10-11,15H,4-9,13H2,1-3H3. The van der Waals surface area contributed by atoms with Crippen LogP contribution in [0.3, 0.4) is 0 Å². The zero-order valence-electron chi connectivity index (χ0n) is 10.8. The van der Waals surface area contributed by atoms with E-state index in [0.29, 0.717) is 12.1 Å². The number of hydrogen-bond donors (Lipinski definition) is 2. The average molecular weight is 230 g/mol. The molecule has 0 aliphatic heterocycles. The predicted octanol–water partition coefficient (Wildman–Crippen LogP) is 0.586. The molecule has 0 spiro atoms. The number of ether oxygens (including phenoxy) is 1. The molecule has 0 aromatic carbocycles. The quantitative estimate of drug-likeness (QED) is 0.701. The molecule has 3 N–H and O–H groups in total. The molecule has 0 heterocycles. The fourth-order valence-electron chi connectivity index (χ4n) is 2.61. The number of aliphatic hydroxyl groups excluding tert-OH is 1. The smallest absolute Gasteiger partial charge is 0.0611 e. The van der Waals surface area contributed by atoms with Gasteiger partial charge in [-0.15, -0.1) is 0 Å². The molecule has 0 amide bonds. The molecular weight excluding hydrogens is 204 g/mol. The van der Waals surface area contributed by atoms with Crippen LogP contribution in [0.15, 0.2) is 0 Å². The minimum atomic E-state index is -0.356. The summed E-state index contributed by atoms with van der Waals surface area (Å²) in [6.07, 6.45) is 2.90. The van der Waals surface area contributed by atoms with Crippen LogP contribution >= 0.6 is 0 Å². The van der Waals surface area contributed by atoms with Crippen molar-refractivity contribution in [2.75, 3.05) is 26.9 Å². The van der Waals surface area contributed by atoms with E-state index in [0.717, 1.165) is 32.4 Å². The van der Waals surface area contributed by atoms with Crippen molar-refractivity contribution in [1.29, 1.82) is 0 Å². The Morgan fingerprint density at radius 1 is 1.56 bits per heavy atom. The minimum absolute atomic E-state index is 0.0969. The van der Waals surface area contributed by atoms with Crippen LogP contribution in [0, 0.1) is 0 Å². The highest BCUT2D eigenvalue weighted by molar-refractivity contribution is 4.97. The Hall–Kier alpha value is -0.160. The largest absolute Gasteiger partial charge is 0.394 e. The zero-order chi connectivity index (χ0) is 12.2. The number of nitrogens with two attached hydrogens (primary N) is 1. The van der Waals surface area contributed by atoms with Crippen LogP contribution < -0.4 is 5.73 Å². The molecule has 16 heavy (non-hydrogen) atoms. The van der Waals surface area contributed by atoms with Crippen molar-refractivity contribution in [3.05, 3.63) is 0 Å². The normalized spacial score (nSPS) is 30.6. The molecule has 0 saturated heterocycles. The third-order valence-electron chi connectivity index (χ3n) is 3.62. The molecular formula is C12H26N2O2. The highest BCUT2D eigenvalue weighted by Crippen LogP contribution is 2.31. The van der Waals surface area contributed by atoms with Gasteiger partial charge in [0.1, 0.15) is 0 Å². The van der Waals surface area contributed by atoms with Crippen molar-refractivity contribution in [3.8, 4) is 0 Å². The SMILES string of the molecule is COCCN(C(C)C)C1CCC(N)(CO)C1. The lowest BCUT2D eigenvalue weighted by Gasteiger charge is -2.33. The van der Waals surface area contributed by atoms with Gasteiger partial charge in [-0.3, -0.25) is 4.90 Å². The van der Waals surface area contributed by atoms with E-state index in [2.05, 4.69) is 18.7 Å². The highest BCUT2D eigenvalue weighted by atomic mass is 16.5. The summed E-state index contributed by atoms with van der Waals surface area (Å²) >= 11 is 0. The lowest BCUT2D eigenvalue weighted by molar-refractivity contribution is 0.0916. The molecule has 1 fully saturated rings. The maximum Gasteiger partial charge on any atom is 0.0611 e. The Labute approximate surface area is 98.8 Å². The lowest BCUT2D eigenvalue weighted by Crippen LogP contribution is -2.46. The molecule has 0 bridgehead atoms. The van der Waals surface area contributed by atoms with Crippen LogP contribution in [-0.2, 0) is 4.74 Å². The Kier molecular flexibility index (Phi) is 5.18. The van der Waals surface area contributed by atoms with Crippen molar-refractivity contribution in [1.82, 2.24) is 4.90 Å². The topological polar surface area (TPSA) is 58.7 Å². The highest BCUT2D eigenvalue weighted by Gasteiger charge is 2.38. The second-order valence-corrected chi connectivity index (χ2v) is 5.24. The van der Waals surface area contributed by atoms with E-state index in [1.54, 1.807) is 7.11 Å². The van der Waals surface area contributed by atoms with Gasteiger partial charge in [0.05, 0.1) is 13.2 Å². The first-order valence-corrected chi connectivity index (χ1v) is 6.17. The maximum atomic E-state index is 9.27. The fourth-order valence-corrected chi connectivity index (χ4v) is 2.61. The molecule has 0 aromatic rings. The molecule has 1 aliphatic rings. The van der Waals surface area contributed by atoms with Gasteiger partial charge in [-0.25, -0.2) is 0 Å². The van der Waals surface area contributed by atoms with E-state index in [4.69, 9.17) is 10.5 Å². The number of hydrogen-bond acceptors (Lipinski definition) is 4. The number of aliphatic hydroxyl groups is 1. The summed E-state index contributed by atoms with van der Waals surface area (Å²) in [5.74, 6) is 0. The Morgan fingerprint density at radius 2 is 2.25 bits per heavy atom. The molecule has 2 atom stereocenters. The van der Waals surface area contributed by atoms with Crippen molar-refractivity contribution in [2.45, 2.75) is 50.7 Å².